The first-order chi connectivity index (χ1) is 16.1. The van der Waals surface area contributed by atoms with E-state index >= 15 is 0 Å². The van der Waals surface area contributed by atoms with E-state index in [1.54, 1.807) is 6.08 Å². The lowest BCUT2D eigenvalue weighted by Crippen LogP contribution is -2.47. The molecule has 0 radical (unpaired) electrons. The minimum Gasteiger partial charge on any atom is -0.481 e. The molecule has 1 saturated heterocycles. The molecule has 34 heavy (non-hydrogen) atoms. The lowest BCUT2D eigenvalue weighted by molar-refractivity contribution is -0.163. The van der Waals surface area contributed by atoms with Crippen molar-refractivity contribution in [1.29, 1.82) is 0 Å². The Morgan fingerprint density at radius 3 is 2.59 bits per heavy atom. The number of aliphatic hydroxyl groups excluding tert-OH is 2. The van der Waals surface area contributed by atoms with Crippen molar-refractivity contribution >= 4 is 5.97 Å². The normalized spacial score (nSPS) is 39.9. The van der Waals surface area contributed by atoms with E-state index in [4.69, 9.17) is 14.6 Å². The standard InChI is InChI=1S/C28H42O6/c1-6-24-17(3)8-11-25(34-24)18(4)13-16(2)7-9-21-19(5)22(21)10-12-26-28(32)23(29)14-20(33-26)15-27(30)31/h7-10,12-13,16,19-26,28-29,32H,6,11,14-15H2,1-5H3,(H,30,31)/b9-7+,12-10+,18-13+/t16-,19-,20+,21+,22+,23-,24-,25-,26+,28-/m1/s1. The summed E-state index contributed by atoms with van der Waals surface area (Å²) < 4.78 is 12.0. The number of carboxylic acid groups (broad SMARTS) is 1. The maximum Gasteiger partial charge on any atom is 0.305 e. The number of carbonyl (C=O) groups is 1. The SMILES string of the molecule is CC[C@H]1O[C@@H](/C(C)=C/[C@H](C)/C=C/[C@H]2[C@@H](C)[C@@H]2/C=C/[C@@H]2O[C@H](CC(=O)O)C[C@@H](O)[C@H]2O)CC=C1C. The molecule has 2 fully saturated rings. The molecule has 190 valence electrons. The molecule has 6 nitrogen and oxygen atoms in total. The second kappa shape index (κ2) is 11.8. The minimum atomic E-state index is -1.04. The van der Waals surface area contributed by atoms with Gasteiger partial charge >= 0.3 is 5.97 Å². The van der Waals surface area contributed by atoms with Gasteiger partial charge in [0.05, 0.1) is 30.8 Å². The smallest absolute Gasteiger partial charge is 0.305 e. The number of allylic oxidation sites excluding steroid dienone is 4. The van der Waals surface area contributed by atoms with Gasteiger partial charge < -0.3 is 24.8 Å². The van der Waals surface area contributed by atoms with Crippen LogP contribution in [-0.2, 0) is 14.3 Å². The molecule has 3 N–H and O–H groups in total. The molecule has 0 spiro atoms. The van der Waals surface area contributed by atoms with Crippen LogP contribution in [0.25, 0.3) is 0 Å². The van der Waals surface area contributed by atoms with Gasteiger partial charge in [-0.15, -0.1) is 0 Å². The quantitative estimate of drug-likeness (QED) is 0.428. The molecule has 2 heterocycles. The van der Waals surface area contributed by atoms with Gasteiger partial charge in [0, 0.05) is 6.42 Å². The number of aliphatic hydroxyl groups is 2. The average Bonchev–Trinajstić information content (AvgIpc) is 3.40. The third kappa shape index (κ3) is 6.91. The number of rotatable bonds is 9. The number of aliphatic carboxylic acids is 1. The summed E-state index contributed by atoms with van der Waals surface area (Å²) in [5, 5.41) is 29.3. The Morgan fingerprint density at radius 2 is 1.91 bits per heavy atom. The second-order valence-corrected chi connectivity index (χ2v) is 10.4. The van der Waals surface area contributed by atoms with Crippen molar-refractivity contribution in [2.75, 3.05) is 0 Å². The van der Waals surface area contributed by atoms with Gasteiger partial charge in [-0.05, 0) is 61.5 Å². The molecular weight excluding hydrogens is 432 g/mol. The van der Waals surface area contributed by atoms with Crippen LogP contribution in [0.1, 0.15) is 60.3 Å². The van der Waals surface area contributed by atoms with Crippen LogP contribution in [0.3, 0.4) is 0 Å². The molecule has 3 aliphatic rings. The van der Waals surface area contributed by atoms with E-state index in [9.17, 15) is 15.0 Å². The van der Waals surface area contributed by atoms with Crippen LogP contribution in [0.4, 0.5) is 0 Å². The van der Waals surface area contributed by atoms with E-state index in [-0.39, 0.29) is 25.0 Å². The number of hydrogen-bond donors (Lipinski definition) is 3. The van der Waals surface area contributed by atoms with Crippen molar-refractivity contribution in [3.05, 3.63) is 47.6 Å². The Labute approximate surface area is 204 Å². The van der Waals surface area contributed by atoms with Gasteiger partial charge in [-0.2, -0.15) is 0 Å². The Balaban J connectivity index is 1.53. The molecule has 0 aromatic rings. The zero-order valence-electron chi connectivity index (χ0n) is 21.1. The van der Waals surface area contributed by atoms with Crippen molar-refractivity contribution in [3.8, 4) is 0 Å². The fourth-order valence-electron chi connectivity index (χ4n) is 5.22. The monoisotopic (exact) mass is 474 g/mol. The van der Waals surface area contributed by atoms with Gasteiger partial charge in [0.1, 0.15) is 12.2 Å². The number of hydrogen-bond acceptors (Lipinski definition) is 5. The van der Waals surface area contributed by atoms with Crippen molar-refractivity contribution in [3.63, 3.8) is 0 Å². The highest BCUT2D eigenvalue weighted by atomic mass is 16.5. The van der Waals surface area contributed by atoms with Crippen LogP contribution in [0.15, 0.2) is 47.6 Å². The molecule has 2 aliphatic heterocycles. The van der Waals surface area contributed by atoms with Gasteiger partial charge in [0.25, 0.3) is 0 Å². The van der Waals surface area contributed by atoms with Crippen LogP contribution in [0.2, 0.25) is 0 Å². The highest BCUT2D eigenvalue weighted by Crippen LogP contribution is 2.48. The lowest BCUT2D eigenvalue weighted by atomic mass is 9.95. The molecule has 0 aromatic heterocycles. The summed E-state index contributed by atoms with van der Waals surface area (Å²) in [6.07, 6.45) is 11.9. The number of carboxylic acids is 1. The summed E-state index contributed by atoms with van der Waals surface area (Å²) in [5.41, 5.74) is 2.61. The lowest BCUT2D eigenvalue weighted by Gasteiger charge is -2.35. The van der Waals surface area contributed by atoms with Crippen LogP contribution in [0.5, 0.6) is 0 Å². The summed E-state index contributed by atoms with van der Waals surface area (Å²) in [6, 6.07) is 0. The van der Waals surface area contributed by atoms with E-state index in [0.29, 0.717) is 23.7 Å². The first-order valence-corrected chi connectivity index (χ1v) is 12.7. The first kappa shape index (κ1) is 26.9. The molecule has 0 unspecified atom stereocenters. The van der Waals surface area contributed by atoms with Crippen LogP contribution in [0, 0.1) is 23.7 Å². The third-order valence-corrected chi connectivity index (χ3v) is 7.56. The molecule has 6 heteroatoms. The van der Waals surface area contributed by atoms with Gasteiger partial charge in [0.15, 0.2) is 0 Å². The van der Waals surface area contributed by atoms with E-state index in [1.807, 2.05) is 6.08 Å². The van der Waals surface area contributed by atoms with Crippen molar-refractivity contribution in [2.45, 2.75) is 96.9 Å². The number of ether oxygens (including phenoxy) is 2. The molecule has 1 saturated carbocycles. The summed E-state index contributed by atoms with van der Waals surface area (Å²) in [4.78, 5) is 11.0. The van der Waals surface area contributed by atoms with Gasteiger partial charge in [-0.1, -0.05) is 57.2 Å². The fraction of sp³-hybridized carbons (Fsp3) is 0.679. The molecule has 0 aromatic carbocycles. The second-order valence-electron chi connectivity index (χ2n) is 10.4. The zero-order valence-corrected chi connectivity index (χ0v) is 21.1. The van der Waals surface area contributed by atoms with Gasteiger partial charge in [0.2, 0.25) is 0 Å². The first-order valence-electron chi connectivity index (χ1n) is 12.7. The van der Waals surface area contributed by atoms with Gasteiger partial charge in [-0.3, -0.25) is 4.79 Å². The van der Waals surface area contributed by atoms with E-state index in [1.165, 1.54) is 11.1 Å². The van der Waals surface area contributed by atoms with Gasteiger partial charge in [-0.25, -0.2) is 0 Å². The Hall–Kier alpha value is -1.73. The van der Waals surface area contributed by atoms with Crippen LogP contribution >= 0.6 is 0 Å². The van der Waals surface area contributed by atoms with E-state index in [0.717, 1.165) is 12.8 Å². The molecule has 10 atom stereocenters. The van der Waals surface area contributed by atoms with Crippen molar-refractivity contribution in [2.24, 2.45) is 23.7 Å². The van der Waals surface area contributed by atoms with Crippen molar-refractivity contribution in [1.82, 2.24) is 0 Å². The summed E-state index contributed by atoms with van der Waals surface area (Å²) in [6.45, 7) is 10.9. The Kier molecular flexibility index (Phi) is 9.33. The molecule has 1 aliphatic carbocycles. The molecule has 0 amide bonds. The third-order valence-electron chi connectivity index (χ3n) is 7.56. The highest BCUT2D eigenvalue weighted by molar-refractivity contribution is 5.67. The van der Waals surface area contributed by atoms with Crippen molar-refractivity contribution < 1.29 is 29.6 Å². The van der Waals surface area contributed by atoms with Crippen LogP contribution < -0.4 is 0 Å². The maximum atomic E-state index is 11.0. The maximum absolute atomic E-state index is 11.0. The summed E-state index contributed by atoms with van der Waals surface area (Å²) >= 11 is 0. The molecule has 3 rings (SSSR count). The molecule has 0 bridgehead atoms. The molecular formula is C28H42O6. The average molecular weight is 475 g/mol. The fourth-order valence-corrected chi connectivity index (χ4v) is 5.22. The Bertz CT molecular complexity index is 827. The summed E-state index contributed by atoms with van der Waals surface area (Å²) in [5.74, 6) is 0.603. The van der Waals surface area contributed by atoms with Crippen LogP contribution in [-0.4, -0.2) is 57.9 Å². The Morgan fingerprint density at radius 1 is 1.21 bits per heavy atom. The largest absolute Gasteiger partial charge is 0.481 e. The minimum absolute atomic E-state index is 0.134. The summed E-state index contributed by atoms with van der Waals surface area (Å²) in [7, 11) is 0. The van der Waals surface area contributed by atoms with E-state index in [2.05, 4.69) is 58.9 Å². The zero-order chi connectivity index (χ0) is 25.0. The topological polar surface area (TPSA) is 96.2 Å². The highest BCUT2D eigenvalue weighted by Gasteiger charge is 2.43. The predicted molar refractivity (Wildman–Crippen MR) is 132 cm³/mol. The van der Waals surface area contributed by atoms with E-state index < -0.39 is 30.4 Å². The predicted octanol–water partition coefficient (Wildman–Crippen LogP) is 4.43.